The summed E-state index contributed by atoms with van der Waals surface area (Å²) in [4.78, 5) is 18.3. The molecule has 6 rings (SSSR count). The zero-order valence-electron chi connectivity index (χ0n) is 28.1. The van der Waals surface area contributed by atoms with Crippen molar-refractivity contribution in [3.63, 3.8) is 0 Å². The predicted octanol–water partition coefficient (Wildman–Crippen LogP) is 5.46. The van der Waals surface area contributed by atoms with Gasteiger partial charge in [0, 0.05) is 50.1 Å². The van der Waals surface area contributed by atoms with E-state index in [1.54, 1.807) is 7.11 Å². The Morgan fingerprint density at radius 1 is 1.00 bits per heavy atom. The number of nitrogens with zero attached hydrogens (tertiary/aromatic N) is 3. The molecule has 4 aromatic rings. The maximum absolute atomic E-state index is 13.9. The molecule has 248 valence electrons. The Kier molecular flexibility index (Phi) is 15.0. The van der Waals surface area contributed by atoms with Crippen LogP contribution in [0.1, 0.15) is 57.0 Å². The number of nitrogens with one attached hydrogen (secondary N) is 2. The van der Waals surface area contributed by atoms with Crippen molar-refractivity contribution in [2.24, 2.45) is 10.7 Å². The summed E-state index contributed by atoms with van der Waals surface area (Å²) in [7, 11) is 1.73. The topological polar surface area (TPSA) is 114 Å². The van der Waals surface area contributed by atoms with Crippen LogP contribution in [0.5, 0.6) is 5.75 Å². The molecule has 2 aliphatic heterocycles. The zero-order chi connectivity index (χ0) is 33.5. The van der Waals surface area contributed by atoms with Gasteiger partial charge in [0.15, 0.2) is 0 Å². The second-order valence-corrected chi connectivity index (χ2v) is 11.5. The minimum absolute atomic E-state index is 0.0478. The molecule has 10 heteroatoms. The molecule has 0 bridgehead atoms. The van der Waals surface area contributed by atoms with Crippen molar-refractivity contribution >= 4 is 33.5 Å². The van der Waals surface area contributed by atoms with Gasteiger partial charge >= 0.3 is 0 Å². The van der Waals surface area contributed by atoms with Gasteiger partial charge < -0.3 is 25.7 Å². The number of methoxy groups -OCH3 is 1. The lowest BCUT2D eigenvalue weighted by atomic mass is 10.1. The van der Waals surface area contributed by atoms with Crippen LogP contribution in [-0.4, -0.2) is 65.2 Å². The van der Waals surface area contributed by atoms with Gasteiger partial charge in [0.25, 0.3) is 0 Å². The molecule has 2 atom stereocenters. The van der Waals surface area contributed by atoms with Gasteiger partial charge in [-0.05, 0) is 66.2 Å². The highest BCUT2D eigenvalue weighted by atomic mass is 32.2. The van der Waals surface area contributed by atoms with Gasteiger partial charge in [0.05, 0.1) is 24.6 Å². The summed E-state index contributed by atoms with van der Waals surface area (Å²) in [5.74, 6) is 1.69. The van der Waals surface area contributed by atoms with E-state index in [4.69, 9.17) is 4.74 Å². The molecular formula is C36H50N6O3S. The lowest BCUT2D eigenvalue weighted by Gasteiger charge is -2.35. The fraction of sp³-hybridized carbons (Fsp3) is 0.389. The molecule has 0 saturated heterocycles. The highest BCUT2D eigenvalue weighted by molar-refractivity contribution is 7.82. The molecule has 0 fully saturated rings. The Morgan fingerprint density at radius 3 is 2.41 bits per heavy atom. The van der Waals surface area contributed by atoms with Crippen LogP contribution >= 0.6 is 0 Å². The van der Waals surface area contributed by atoms with Crippen LogP contribution in [0, 0.1) is 0 Å². The average Bonchev–Trinajstić information content (AvgIpc) is 3.84. The lowest BCUT2D eigenvalue weighted by molar-refractivity contribution is -0.122. The summed E-state index contributed by atoms with van der Waals surface area (Å²) >= 11 is 0. The molecule has 0 radical (unpaired) electrons. The molecule has 46 heavy (non-hydrogen) atoms. The number of amidine groups is 1. The Bertz CT molecular complexity index is 1580. The first-order chi connectivity index (χ1) is 22.6. The van der Waals surface area contributed by atoms with Gasteiger partial charge in [-0.25, -0.2) is 8.51 Å². The number of hydrogen-bond donors (Lipinski definition) is 3. The van der Waals surface area contributed by atoms with Crippen LogP contribution in [0.4, 0.5) is 0 Å². The minimum Gasteiger partial charge on any atom is -0.497 e. The molecule has 1 amide bonds. The van der Waals surface area contributed by atoms with Crippen molar-refractivity contribution in [2.45, 2.75) is 58.0 Å². The first kappa shape index (κ1) is 36.5. The Hall–Kier alpha value is -3.99. The first-order valence-corrected chi connectivity index (χ1v) is 17.3. The van der Waals surface area contributed by atoms with Crippen LogP contribution in [0.2, 0.25) is 0 Å². The molecule has 3 heterocycles. The SMILES string of the molecule is CC.CC.CN.COc1ccc2cc(S(=O)N3CCn4cccc4C3CC(=O)NCCc3ccc(C4=NCCN4)cc3)ccc2c1. The number of carbonyl (C=O) groups excluding carboxylic acids is 1. The number of aliphatic imine (C=N–C) groups is 1. The van der Waals surface area contributed by atoms with Crippen LogP contribution in [0.25, 0.3) is 10.8 Å². The van der Waals surface area contributed by atoms with Crippen LogP contribution in [0.15, 0.2) is 88.9 Å². The zero-order valence-corrected chi connectivity index (χ0v) is 28.9. The quantitative estimate of drug-likeness (QED) is 0.224. The molecule has 0 spiro atoms. The van der Waals surface area contributed by atoms with E-state index in [0.717, 1.165) is 70.1 Å². The average molecular weight is 647 g/mol. The van der Waals surface area contributed by atoms with E-state index < -0.39 is 11.0 Å². The van der Waals surface area contributed by atoms with Crippen molar-refractivity contribution in [2.75, 3.05) is 40.3 Å². The highest BCUT2D eigenvalue weighted by Crippen LogP contribution is 2.33. The Morgan fingerprint density at radius 2 is 1.72 bits per heavy atom. The summed E-state index contributed by atoms with van der Waals surface area (Å²) in [5, 5.41) is 8.40. The molecule has 2 aliphatic rings. The van der Waals surface area contributed by atoms with Crippen LogP contribution in [0.3, 0.4) is 0 Å². The van der Waals surface area contributed by atoms with Gasteiger partial charge in [-0.2, -0.15) is 0 Å². The maximum Gasteiger partial charge on any atom is 0.222 e. The fourth-order valence-electron chi connectivity index (χ4n) is 5.44. The monoisotopic (exact) mass is 646 g/mol. The van der Waals surface area contributed by atoms with E-state index in [9.17, 15) is 9.00 Å². The molecule has 9 nitrogen and oxygen atoms in total. The number of carbonyl (C=O) groups is 1. The standard InChI is InChI=1S/C31H33N5O3S.2C2H6.CH5N/c1-39-26-10-8-25-20-27(11-9-24(25)19-26)40(38)36-18-17-35-16-2-3-28(35)29(36)21-30(37)32-13-12-22-4-6-23(7-5-22)31-33-14-15-34-31;3*1-2/h2-11,16,19-20,29H,12-15,17-18,21H2,1H3,(H,32,37)(H,33,34);2*1-2H3;2H2,1H3. The van der Waals surface area contributed by atoms with Gasteiger partial charge in [0.2, 0.25) is 5.91 Å². The van der Waals surface area contributed by atoms with E-state index in [1.165, 1.54) is 7.05 Å². The van der Waals surface area contributed by atoms with Crippen molar-refractivity contribution in [3.05, 3.63) is 95.8 Å². The van der Waals surface area contributed by atoms with Crippen molar-refractivity contribution in [1.29, 1.82) is 0 Å². The van der Waals surface area contributed by atoms with Gasteiger partial charge in [-0.3, -0.25) is 9.79 Å². The third-order valence-electron chi connectivity index (χ3n) is 7.56. The number of aromatic nitrogens is 1. The van der Waals surface area contributed by atoms with Crippen LogP contribution in [-0.2, 0) is 28.7 Å². The van der Waals surface area contributed by atoms with E-state index in [2.05, 4.69) is 50.2 Å². The molecular weight excluding hydrogens is 597 g/mol. The largest absolute Gasteiger partial charge is 0.497 e. The summed E-state index contributed by atoms with van der Waals surface area (Å²) in [6, 6.07) is 23.8. The maximum atomic E-state index is 13.9. The summed E-state index contributed by atoms with van der Waals surface area (Å²) in [6.07, 6.45) is 3.01. The summed E-state index contributed by atoms with van der Waals surface area (Å²) in [6.45, 7) is 11.6. The van der Waals surface area contributed by atoms with Crippen molar-refractivity contribution in [1.82, 2.24) is 19.5 Å². The number of benzene rings is 3. The van der Waals surface area contributed by atoms with E-state index in [0.29, 0.717) is 13.1 Å². The normalized spacial score (nSPS) is 15.7. The van der Waals surface area contributed by atoms with Crippen molar-refractivity contribution < 1.29 is 13.7 Å². The smallest absolute Gasteiger partial charge is 0.222 e. The number of nitrogens with two attached hydrogens (primary N) is 1. The third kappa shape index (κ3) is 9.05. The second-order valence-electron chi connectivity index (χ2n) is 10.1. The Labute approximate surface area is 276 Å². The molecule has 0 aliphatic carbocycles. The van der Waals surface area contributed by atoms with Gasteiger partial charge in [0.1, 0.15) is 22.6 Å². The van der Waals surface area contributed by atoms with E-state index in [-0.39, 0.29) is 18.4 Å². The van der Waals surface area contributed by atoms with Crippen molar-refractivity contribution in [3.8, 4) is 5.75 Å². The number of rotatable bonds is 9. The number of ether oxygens (including phenoxy) is 1. The first-order valence-electron chi connectivity index (χ1n) is 16.2. The minimum atomic E-state index is -1.42. The highest BCUT2D eigenvalue weighted by Gasteiger charge is 2.33. The number of hydrogen-bond acceptors (Lipinski definition) is 6. The third-order valence-corrected chi connectivity index (χ3v) is 9.08. The van der Waals surface area contributed by atoms with Gasteiger partial charge in [-0.1, -0.05) is 64.1 Å². The molecule has 3 aromatic carbocycles. The number of fused-ring (bicyclic) bond motifs is 2. The molecule has 2 unspecified atom stereocenters. The van der Waals surface area contributed by atoms with E-state index in [1.807, 2.05) is 86.7 Å². The predicted molar refractivity (Wildman–Crippen MR) is 191 cm³/mol. The molecule has 4 N–H and O–H groups in total. The second kappa shape index (κ2) is 18.9. The van der Waals surface area contributed by atoms with Crippen LogP contribution < -0.4 is 21.1 Å². The molecule has 0 saturated carbocycles. The summed E-state index contributed by atoms with van der Waals surface area (Å²) < 4.78 is 23.3. The number of amides is 1. The van der Waals surface area contributed by atoms with Gasteiger partial charge in [-0.15, -0.1) is 0 Å². The fourth-order valence-corrected chi connectivity index (χ4v) is 6.78. The summed E-state index contributed by atoms with van der Waals surface area (Å²) in [5.41, 5.74) is 7.76. The Balaban J connectivity index is 0.000000908. The lowest BCUT2D eigenvalue weighted by Crippen LogP contribution is -2.41. The van der Waals surface area contributed by atoms with E-state index >= 15 is 0 Å². The molecule has 1 aromatic heterocycles.